The first kappa shape index (κ1) is 40.5. The lowest BCUT2D eigenvalue weighted by atomic mass is 9.81. The van der Waals surface area contributed by atoms with Gasteiger partial charge in [-0.2, -0.15) is 5.10 Å². The first-order valence-electron chi connectivity index (χ1n) is 22.8. The zero-order valence-corrected chi connectivity index (χ0v) is 37.5. The summed E-state index contributed by atoms with van der Waals surface area (Å²) in [6.45, 7) is 11.0. The molecule has 0 fully saturated rings. The van der Waals surface area contributed by atoms with E-state index in [1.807, 2.05) is 6.08 Å². The van der Waals surface area contributed by atoms with Gasteiger partial charge in [-0.25, -0.2) is 4.52 Å². The summed E-state index contributed by atoms with van der Waals surface area (Å²) < 4.78 is 2.17. The SMILES string of the molecule is C=C/C=C\C1=C(C)c2c(N(c3ccc4c(c3)cc(-c3ccccc3)n3nc(-c5ccccc5)c(-c5ccccc5)c43)c3ccccc3-c3ccccc3-c3ccccc3)cccc2C1(C)C. The van der Waals surface area contributed by atoms with E-state index in [4.69, 9.17) is 5.10 Å². The van der Waals surface area contributed by atoms with Crippen molar-refractivity contribution in [3.63, 3.8) is 0 Å². The molecule has 10 aromatic rings. The van der Waals surface area contributed by atoms with Gasteiger partial charge in [0.05, 0.1) is 22.6 Å². The number of allylic oxidation sites excluding steroid dienone is 5. The molecule has 0 radical (unpaired) electrons. The minimum atomic E-state index is -0.216. The quantitative estimate of drug-likeness (QED) is 0.128. The van der Waals surface area contributed by atoms with Gasteiger partial charge in [-0.15, -0.1) is 0 Å². The highest BCUT2D eigenvalue weighted by molar-refractivity contribution is 6.10. The topological polar surface area (TPSA) is 20.5 Å². The Morgan fingerprint density at radius 1 is 0.530 bits per heavy atom. The molecule has 0 amide bonds. The van der Waals surface area contributed by atoms with Crippen LogP contribution in [0.25, 0.3) is 77.8 Å². The van der Waals surface area contributed by atoms with Crippen molar-refractivity contribution in [1.29, 1.82) is 0 Å². The van der Waals surface area contributed by atoms with Crippen molar-refractivity contribution in [2.24, 2.45) is 0 Å². The normalized spacial score (nSPS) is 13.1. The molecule has 0 aliphatic heterocycles. The minimum absolute atomic E-state index is 0.216. The Kier molecular flexibility index (Phi) is 10.2. The van der Waals surface area contributed by atoms with Crippen LogP contribution in [0.2, 0.25) is 0 Å². The second kappa shape index (κ2) is 16.7. The molecule has 0 saturated carbocycles. The Hall–Kier alpha value is -8.27. The molecule has 2 heterocycles. The van der Waals surface area contributed by atoms with Gasteiger partial charge in [-0.3, -0.25) is 0 Å². The zero-order chi connectivity index (χ0) is 44.8. The Bertz CT molecular complexity index is 3500. The van der Waals surface area contributed by atoms with Crippen LogP contribution in [0.4, 0.5) is 17.1 Å². The van der Waals surface area contributed by atoms with E-state index in [0.29, 0.717) is 0 Å². The van der Waals surface area contributed by atoms with Crippen LogP contribution in [-0.4, -0.2) is 9.61 Å². The molecule has 2 aromatic heterocycles. The van der Waals surface area contributed by atoms with Crippen molar-refractivity contribution in [2.75, 3.05) is 4.90 Å². The maximum atomic E-state index is 5.50. The summed E-state index contributed by atoms with van der Waals surface area (Å²) in [5.74, 6) is 0. The molecule has 3 heteroatoms. The number of hydrogen-bond donors (Lipinski definition) is 0. The molecule has 1 aliphatic rings. The third-order valence-electron chi connectivity index (χ3n) is 13.4. The van der Waals surface area contributed by atoms with Crippen LogP contribution in [0.5, 0.6) is 0 Å². The molecule has 0 N–H and O–H groups in total. The van der Waals surface area contributed by atoms with E-state index < -0.39 is 0 Å². The van der Waals surface area contributed by atoms with Gasteiger partial charge in [0, 0.05) is 44.3 Å². The fraction of sp³-hybridized carbons (Fsp3) is 0.0635. The molecule has 0 spiro atoms. The van der Waals surface area contributed by atoms with E-state index in [2.05, 4.69) is 261 Å². The smallest absolute Gasteiger partial charge is 0.101 e. The number of rotatable bonds is 10. The monoisotopic (exact) mass is 847 g/mol. The summed E-state index contributed by atoms with van der Waals surface area (Å²) in [5.41, 5.74) is 20.4. The molecule has 0 atom stereocenters. The van der Waals surface area contributed by atoms with Crippen molar-refractivity contribution in [3.05, 3.63) is 254 Å². The van der Waals surface area contributed by atoms with Gasteiger partial charge in [-0.1, -0.05) is 221 Å². The van der Waals surface area contributed by atoms with Crippen LogP contribution in [0.15, 0.2) is 243 Å². The van der Waals surface area contributed by atoms with E-state index in [9.17, 15) is 0 Å². The summed E-state index contributed by atoms with van der Waals surface area (Å²) in [6, 6.07) is 76.6. The average Bonchev–Trinajstić information content (AvgIpc) is 3.87. The molecule has 66 heavy (non-hydrogen) atoms. The Balaban J connectivity index is 1.23. The van der Waals surface area contributed by atoms with Crippen molar-refractivity contribution >= 4 is 38.9 Å². The van der Waals surface area contributed by atoms with Crippen LogP contribution < -0.4 is 4.90 Å². The average molecular weight is 848 g/mol. The van der Waals surface area contributed by atoms with E-state index >= 15 is 0 Å². The van der Waals surface area contributed by atoms with Crippen molar-refractivity contribution in [3.8, 4) is 55.9 Å². The maximum Gasteiger partial charge on any atom is 0.101 e. The third kappa shape index (κ3) is 6.80. The highest BCUT2D eigenvalue weighted by atomic mass is 15.2. The van der Waals surface area contributed by atoms with Gasteiger partial charge >= 0.3 is 0 Å². The van der Waals surface area contributed by atoms with Gasteiger partial charge < -0.3 is 4.90 Å². The second-order valence-electron chi connectivity index (χ2n) is 17.6. The molecule has 8 aromatic carbocycles. The summed E-state index contributed by atoms with van der Waals surface area (Å²) in [6.07, 6.45) is 6.18. The van der Waals surface area contributed by atoms with Crippen molar-refractivity contribution in [2.45, 2.75) is 26.2 Å². The molecule has 0 unspecified atom stereocenters. The highest BCUT2D eigenvalue weighted by Gasteiger charge is 2.38. The molecule has 3 nitrogen and oxygen atoms in total. The lowest BCUT2D eigenvalue weighted by Gasteiger charge is -2.31. The number of para-hydroxylation sites is 1. The van der Waals surface area contributed by atoms with E-state index in [1.165, 1.54) is 39.0 Å². The predicted molar refractivity (Wildman–Crippen MR) is 280 cm³/mol. The largest absolute Gasteiger partial charge is 0.309 e. The predicted octanol–water partition coefficient (Wildman–Crippen LogP) is 17.1. The van der Waals surface area contributed by atoms with Crippen molar-refractivity contribution in [1.82, 2.24) is 9.61 Å². The van der Waals surface area contributed by atoms with E-state index in [1.54, 1.807) is 0 Å². The Morgan fingerprint density at radius 2 is 1.11 bits per heavy atom. The third-order valence-corrected chi connectivity index (χ3v) is 13.4. The standard InChI is InChI=1S/C63H49N3/c1-5-6-35-54-43(2)59-55(63(54,3)4)36-23-38-57(59)65(56-37-22-21-34-53(56)52-33-20-19-32-50(52)44-24-11-7-12-25-44)49-39-40-51-48(41-49)42-58(45-26-13-8-14-27-45)66-62(51)60(46-28-15-9-16-29-46)61(64-66)47-30-17-10-18-31-47/h5-42H,1H2,2-4H3/b35-6-. The van der Waals surface area contributed by atoms with Gasteiger partial charge in [0.25, 0.3) is 0 Å². The lowest BCUT2D eigenvalue weighted by Crippen LogP contribution is -2.17. The fourth-order valence-electron chi connectivity index (χ4n) is 10.3. The second-order valence-corrected chi connectivity index (χ2v) is 17.6. The van der Waals surface area contributed by atoms with Gasteiger partial charge in [0.1, 0.15) is 5.69 Å². The first-order valence-corrected chi connectivity index (χ1v) is 22.8. The Morgan fingerprint density at radius 3 is 1.79 bits per heavy atom. The molecule has 1 aliphatic carbocycles. The highest BCUT2D eigenvalue weighted by Crippen LogP contribution is 2.54. The number of aromatic nitrogens is 2. The van der Waals surface area contributed by atoms with Crippen molar-refractivity contribution < 1.29 is 0 Å². The maximum absolute atomic E-state index is 5.50. The van der Waals surface area contributed by atoms with Gasteiger partial charge in [-0.05, 0) is 81.6 Å². The van der Waals surface area contributed by atoms with Crippen LogP contribution in [-0.2, 0) is 5.41 Å². The van der Waals surface area contributed by atoms with Crippen LogP contribution in [0.3, 0.4) is 0 Å². The first-order chi connectivity index (χ1) is 32.4. The minimum Gasteiger partial charge on any atom is -0.309 e. The van der Waals surface area contributed by atoms with Crippen LogP contribution in [0, 0.1) is 0 Å². The summed E-state index contributed by atoms with van der Waals surface area (Å²) in [4.78, 5) is 2.51. The number of nitrogens with zero attached hydrogens (tertiary/aromatic N) is 3. The van der Waals surface area contributed by atoms with Gasteiger partial charge in [0.15, 0.2) is 0 Å². The number of pyridine rings is 1. The summed E-state index contributed by atoms with van der Waals surface area (Å²) in [7, 11) is 0. The van der Waals surface area contributed by atoms with Crippen LogP contribution in [0.1, 0.15) is 31.9 Å². The number of benzene rings is 8. The molecule has 11 rings (SSSR count). The zero-order valence-electron chi connectivity index (χ0n) is 37.5. The molecule has 0 saturated heterocycles. The summed E-state index contributed by atoms with van der Waals surface area (Å²) in [5, 5.41) is 7.75. The molecule has 0 bridgehead atoms. The van der Waals surface area contributed by atoms with Gasteiger partial charge in [0.2, 0.25) is 0 Å². The Labute approximate surface area is 387 Å². The molecular formula is C63H49N3. The lowest BCUT2D eigenvalue weighted by molar-refractivity contribution is 0.654. The summed E-state index contributed by atoms with van der Waals surface area (Å²) >= 11 is 0. The molecular weight excluding hydrogens is 799 g/mol. The number of fused-ring (bicyclic) bond motifs is 4. The number of anilines is 3. The van der Waals surface area contributed by atoms with E-state index in [-0.39, 0.29) is 5.41 Å². The fourth-order valence-corrected chi connectivity index (χ4v) is 10.3. The molecule has 316 valence electrons. The van der Waals surface area contributed by atoms with Crippen LogP contribution >= 0.6 is 0 Å². The van der Waals surface area contributed by atoms with E-state index in [0.717, 1.165) is 72.6 Å². The number of hydrogen-bond acceptors (Lipinski definition) is 2.